The lowest BCUT2D eigenvalue weighted by Crippen LogP contribution is -2.08. The van der Waals surface area contributed by atoms with Crippen molar-refractivity contribution in [2.45, 2.75) is 26.1 Å². The average Bonchev–Trinajstić information content (AvgIpc) is 2.79. The van der Waals surface area contributed by atoms with Gasteiger partial charge in [0.25, 0.3) is 0 Å². The minimum Gasteiger partial charge on any atom is -0.349 e. The minimum absolute atomic E-state index is 0.129. The zero-order valence-electron chi connectivity index (χ0n) is 11.8. The van der Waals surface area contributed by atoms with Crippen LogP contribution in [0.3, 0.4) is 0 Å². The summed E-state index contributed by atoms with van der Waals surface area (Å²) >= 11 is 11.6. The summed E-state index contributed by atoms with van der Waals surface area (Å²) in [5.74, 6) is 1.17. The van der Waals surface area contributed by atoms with Gasteiger partial charge in [0.05, 0.1) is 15.6 Å². The molecule has 2 aromatic rings. The van der Waals surface area contributed by atoms with Crippen molar-refractivity contribution in [1.29, 1.82) is 0 Å². The molecule has 0 unspecified atom stereocenters. The molecule has 1 N–H and O–H groups in total. The first kappa shape index (κ1) is 16.9. The van der Waals surface area contributed by atoms with Crippen molar-refractivity contribution in [3.8, 4) is 0 Å². The van der Waals surface area contributed by atoms with Gasteiger partial charge >= 0.3 is 6.18 Å². The highest BCUT2D eigenvalue weighted by molar-refractivity contribution is 6.43. The normalized spacial score (nSPS) is 11.8. The highest BCUT2D eigenvalue weighted by Crippen LogP contribution is 2.39. The first-order valence-corrected chi connectivity index (χ1v) is 7.17. The van der Waals surface area contributed by atoms with E-state index in [1.165, 1.54) is 6.07 Å². The molecule has 1 aromatic heterocycles. The van der Waals surface area contributed by atoms with Crippen molar-refractivity contribution in [3.63, 3.8) is 0 Å². The topological polar surface area (TPSA) is 42.7 Å². The fourth-order valence-electron chi connectivity index (χ4n) is 1.92. The van der Waals surface area contributed by atoms with Crippen LogP contribution in [-0.4, -0.2) is 14.8 Å². The Kier molecular flexibility index (Phi) is 4.87. The van der Waals surface area contributed by atoms with Crippen molar-refractivity contribution >= 4 is 29.2 Å². The molecule has 120 valence electrons. The van der Waals surface area contributed by atoms with E-state index in [0.29, 0.717) is 11.5 Å². The monoisotopic (exact) mass is 352 g/mol. The molecule has 0 bridgehead atoms. The summed E-state index contributed by atoms with van der Waals surface area (Å²) in [6, 6.07) is 2.20. The number of alkyl halides is 3. The summed E-state index contributed by atoms with van der Waals surface area (Å²) < 4.78 is 39.8. The van der Waals surface area contributed by atoms with E-state index >= 15 is 0 Å². The van der Waals surface area contributed by atoms with Crippen LogP contribution in [0, 0.1) is 0 Å². The van der Waals surface area contributed by atoms with Gasteiger partial charge in [0.15, 0.2) is 0 Å². The van der Waals surface area contributed by atoms with Crippen LogP contribution in [-0.2, 0) is 26.2 Å². The summed E-state index contributed by atoms with van der Waals surface area (Å²) in [5, 5.41) is 6.43. The maximum Gasteiger partial charge on any atom is 0.417 e. The molecule has 0 fully saturated rings. The number of benzene rings is 1. The van der Waals surface area contributed by atoms with Crippen LogP contribution in [0.25, 0.3) is 0 Å². The van der Waals surface area contributed by atoms with E-state index in [1.54, 1.807) is 11.7 Å². The number of aromatic nitrogens is 3. The number of rotatable bonds is 4. The molecule has 0 atom stereocenters. The Bertz CT molecular complexity index is 683. The molecule has 1 aromatic carbocycles. The Morgan fingerprint density at radius 1 is 1.23 bits per heavy atom. The van der Waals surface area contributed by atoms with E-state index in [4.69, 9.17) is 23.2 Å². The Labute approximate surface area is 135 Å². The highest BCUT2D eigenvalue weighted by Gasteiger charge is 2.34. The predicted molar refractivity (Wildman–Crippen MR) is 79.2 cm³/mol. The molecule has 22 heavy (non-hydrogen) atoms. The second-order valence-corrected chi connectivity index (χ2v) is 5.34. The molecule has 9 heteroatoms. The van der Waals surface area contributed by atoms with Crippen LogP contribution in [0.2, 0.25) is 10.0 Å². The van der Waals surface area contributed by atoms with Crippen LogP contribution in [0.4, 0.5) is 19.1 Å². The van der Waals surface area contributed by atoms with E-state index in [2.05, 4.69) is 15.4 Å². The minimum atomic E-state index is -4.54. The number of hydrogen-bond donors (Lipinski definition) is 1. The van der Waals surface area contributed by atoms with Gasteiger partial charge in [0.1, 0.15) is 5.82 Å². The summed E-state index contributed by atoms with van der Waals surface area (Å²) in [6.07, 6.45) is -3.82. The van der Waals surface area contributed by atoms with Gasteiger partial charge in [0.2, 0.25) is 5.95 Å². The lowest BCUT2D eigenvalue weighted by molar-refractivity contribution is -0.137. The van der Waals surface area contributed by atoms with Crippen LogP contribution in [0.5, 0.6) is 0 Å². The second kappa shape index (κ2) is 6.34. The first-order valence-electron chi connectivity index (χ1n) is 6.42. The molecule has 2 rings (SSSR count). The summed E-state index contributed by atoms with van der Waals surface area (Å²) in [7, 11) is 1.76. The number of aryl methyl sites for hydroxylation is 2. The van der Waals surface area contributed by atoms with Gasteiger partial charge in [-0.15, -0.1) is 5.10 Å². The molecular formula is C13H13Cl2F3N4. The third-order valence-electron chi connectivity index (χ3n) is 3.07. The van der Waals surface area contributed by atoms with E-state index in [9.17, 15) is 13.2 Å². The fraction of sp³-hybridized carbons (Fsp3) is 0.385. The van der Waals surface area contributed by atoms with E-state index in [1.807, 2.05) is 6.92 Å². The summed E-state index contributed by atoms with van der Waals surface area (Å²) in [4.78, 5) is 4.24. The number of nitrogens with one attached hydrogen (secondary N) is 1. The molecule has 0 amide bonds. The lowest BCUT2D eigenvalue weighted by Gasteiger charge is -2.13. The van der Waals surface area contributed by atoms with Gasteiger partial charge in [-0.2, -0.15) is 18.2 Å². The molecule has 1 heterocycles. The number of hydrogen-bond acceptors (Lipinski definition) is 3. The third kappa shape index (κ3) is 3.47. The van der Waals surface area contributed by atoms with Crippen LogP contribution < -0.4 is 5.32 Å². The summed E-state index contributed by atoms with van der Waals surface area (Å²) in [5.41, 5.74) is -0.516. The van der Waals surface area contributed by atoms with Crippen LogP contribution in [0.1, 0.15) is 23.9 Å². The zero-order chi connectivity index (χ0) is 16.5. The van der Waals surface area contributed by atoms with Crippen LogP contribution >= 0.6 is 23.2 Å². The molecular weight excluding hydrogens is 340 g/mol. The van der Waals surface area contributed by atoms with Crippen molar-refractivity contribution < 1.29 is 13.2 Å². The molecule has 0 saturated heterocycles. The van der Waals surface area contributed by atoms with Gasteiger partial charge in [-0.1, -0.05) is 36.2 Å². The predicted octanol–water partition coefficient (Wildman–Crippen LogP) is 4.32. The molecule has 0 aliphatic heterocycles. The molecule has 0 aliphatic carbocycles. The van der Waals surface area contributed by atoms with Gasteiger partial charge in [-0.05, 0) is 11.6 Å². The maximum absolute atomic E-state index is 12.7. The first-order chi connectivity index (χ1) is 10.2. The van der Waals surface area contributed by atoms with E-state index < -0.39 is 16.8 Å². The van der Waals surface area contributed by atoms with Crippen molar-refractivity contribution in [2.75, 3.05) is 5.32 Å². The Hall–Kier alpha value is -1.47. The molecule has 0 saturated carbocycles. The smallest absolute Gasteiger partial charge is 0.349 e. The average molecular weight is 353 g/mol. The van der Waals surface area contributed by atoms with Gasteiger partial charge in [-0.25, -0.2) is 0 Å². The number of halogens is 5. The second-order valence-electron chi connectivity index (χ2n) is 4.58. The fourth-order valence-corrected chi connectivity index (χ4v) is 2.44. The standard InChI is InChI=1S/C13H13Cl2F3N4/c1-3-9-20-12(21-22(9)2)19-6-7-4-5-8(13(16,17)18)11(15)10(7)14/h4-5H,3,6H2,1-2H3,(H,19,21). The Morgan fingerprint density at radius 2 is 1.91 bits per heavy atom. The summed E-state index contributed by atoms with van der Waals surface area (Å²) in [6.45, 7) is 2.12. The Morgan fingerprint density at radius 3 is 2.45 bits per heavy atom. The third-order valence-corrected chi connectivity index (χ3v) is 4.00. The highest BCUT2D eigenvalue weighted by atomic mass is 35.5. The van der Waals surface area contributed by atoms with Gasteiger partial charge < -0.3 is 5.32 Å². The van der Waals surface area contributed by atoms with Gasteiger partial charge in [-0.3, -0.25) is 4.68 Å². The largest absolute Gasteiger partial charge is 0.417 e. The maximum atomic E-state index is 12.7. The quantitative estimate of drug-likeness (QED) is 0.891. The van der Waals surface area contributed by atoms with E-state index in [-0.39, 0.29) is 11.6 Å². The molecule has 4 nitrogen and oxygen atoms in total. The molecule has 0 aliphatic rings. The van der Waals surface area contributed by atoms with Crippen molar-refractivity contribution in [2.24, 2.45) is 7.05 Å². The van der Waals surface area contributed by atoms with Crippen molar-refractivity contribution in [1.82, 2.24) is 14.8 Å². The molecule has 0 spiro atoms. The van der Waals surface area contributed by atoms with Crippen molar-refractivity contribution in [3.05, 3.63) is 39.1 Å². The van der Waals surface area contributed by atoms with Crippen LogP contribution in [0.15, 0.2) is 12.1 Å². The molecule has 0 radical (unpaired) electrons. The van der Waals surface area contributed by atoms with E-state index in [0.717, 1.165) is 18.3 Å². The SMILES string of the molecule is CCc1nc(NCc2ccc(C(F)(F)F)c(Cl)c2Cl)nn1C. The lowest BCUT2D eigenvalue weighted by atomic mass is 10.1. The number of nitrogens with zero attached hydrogens (tertiary/aromatic N) is 3. The van der Waals surface area contributed by atoms with Gasteiger partial charge in [0, 0.05) is 20.0 Å². The Balaban J connectivity index is 2.18. The number of anilines is 1. The zero-order valence-corrected chi connectivity index (χ0v) is 13.3.